The van der Waals surface area contributed by atoms with Gasteiger partial charge < -0.3 is 4.57 Å². The lowest BCUT2D eigenvalue weighted by Crippen LogP contribution is -2.03. The summed E-state index contributed by atoms with van der Waals surface area (Å²) < 4.78 is 2.34. The predicted octanol–water partition coefficient (Wildman–Crippen LogP) is 13.6. The van der Waals surface area contributed by atoms with Crippen LogP contribution in [0.15, 0.2) is 194 Å². The van der Waals surface area contributed by atoms with Gasteiger partial charge in [0.25, 0.3) is 0 Å². The van der Waals surface area contributed by atoms with E-state index in [-0.39, 0.29) is 0 Å². The van der Waals surface area contributed by atoms with Crippen molar-refractivity contribution in [2.75, 3.05) is 0 Å². The molecule has 0 N–H and O–H groups in total. The Morgan fingerprint density at radius 1 is 0.400 bits per heavy atom. The molecule has 10 aromatic rings. The van der Waals surface area contributed by atoms with Crippen molar-refractivity contribution in [3.05, 3.63) is 211 Å². The molecule has 0 amide bonds. The van der Waals surface area contributed by atoms with Crippen molar-refractivity contribution in [2.45, 2.75) is 6.92 Å². The van der Waals surface area contributed by atoms with Crippen LogP contribution < -0.4 is 0 Å². The molecular formula is C55H35N5. The Morgan fingerprint density at radius 2 is 0.917 bits per heavy atom. The standard InChI is InChI=1S/C55H35N5/c1-36-13-10-20-41(27-36)42-25-26-53-49(30-42)46-23-8-9-24-52(46)60(53)54-47(43-21-11-14-37(28-43)34-56)31-45(32-48(54)44-22-12-15-38(29-44)35-57)55-58-50(39-16-4-2-5-17-39)33-51(59-55)40-18-6-3-7-19-40/h2-33H,1H3. The minimum Gasteiger partial charge on any atom is -0.308 e. The molecule has 0 unspecified atom stereocenters. The van der Waals surface area contributed by atoms with Gasteiger partial charge in [-0.25, -0.2) is 9.97 Å². The average Bonchev–Trinajstić information content (AvgIpc) is 3.65. The molecule has 0 saturated carbocycles. The predicted molar refractivity (Wildman–Crippen MR) is 243 cm³/mol. The van der Waals surface area contributed by atoms with Crippen molar-refractivity contribution in [1.29, 1.82) is 10.5 Å². The average molecular weight is 766 g/mol. The third-order valence-corrected chi connectivity index (χ3v) is 11.1. The van der Waals surface area contributed by atoms with Gasteiger partial charge in [0.2, 0.25) is 0 Å². The number of nitriles is 2. The highest BCUT2D eigenvalue weighted by atomic mass is 15.0. The highest BCUT2D eigenvalue weighted by Crippen LogP contribution is 2.45. The van der Waals surface area contributed by atoms with Crippen molar-refractivity contribution in [1.82, 2.24) is 14.5 Å². The molecule has 5 heteroatoms. The van der Waals surface area contributed by atoms with Gasteiger partial charge in [-0.3, -0.25) is 0 Å². The van der Waals surface area contributed by atoms with Crippen molar-refractivity contribution in [3.63, 3.8) is 0 Å². The summed E-state index contributed by atoms with van der Waals surface area (Å²) in [4.78, 5) is 10.5. The molecule has 2 aromatic heterocycles. The van der Waals surface area contributed by atoms with Gasteiger partial charge in [0.15, 0.2) is 5.82 Å². The Morgan fingerprint density at radius 3 is 1.52 bits per heavy atom. The Labute approximate surface area is 348 Å². The van der Waals surface area contributed by atoms with Gasteiger partial charge in [-0.05, 0) is 89.8 Å². The van der Waals surface area contributed by atoms with Crippen LogP contribution in [0.4, 0.5) is 0 Å². The Bertz CT molecular complexity index is 3210. The van der Waals surface area contributed by atoms with Gasteiger partial charge in [0.1, 0.15) is 0 Å². The molecular weight excluding hydrogens is 731 g/mol. The van der Waals surface area contributed by atoms with E-state index in [1.54, 1.807) is 0 Å². The minimum absolute atomic E-state index is 0.551. The van der Waals surface area contributed by atoms with Crippen LogP contribution in [0.5, 0.6) is 0 Å². The molecule has 0 radical (unpaired) electrons. The number of para-hydroxylation sites is 1. The second kappa shape index (κ2) is 15.2. The molecule has 60 heavy (non-hydrogen) atoms. The maximum Gasteiger partial charge on any atom is 0.160 e. The molecule has 280 valence electrons. The summed E-state index contributed by atoms with van der Waals surface area (Å²) in [5.74, 6) is 0.558. The second-order valence-corrected chi connectivity index (χ2v) is 15.0. The SMILES string of the molecule is Cc1cccc(-c2ccc3c(c2)c2ccccc2n3-c2c(-c3cccc(C#N)c3)cc(-c3nc(-c4ccccc4)cc(-c4ccccc4)n3)cc2-c2cccc(C#N)c2)c1. The Balaban J connectivity index is 1.33. The quantitative estimate of drug-likeness (QED) is 0.162. The number of hydrogen-bond acceptors (Lipinski definition) is 4. The van der Waals surface area contributed by atoms with E-state index in [1.807, 2.05) is 78.9 Å². The Hall–Kier alpha value is -8.38. The van der Waals surface area contributed by atoms with E-state index in [9.17, 15) is 10.5 Å². The first-order chi connectivity index (χ1) is 29.5. The zero-order valence-electron chi connectivity index (χ0n) is 32.7. The van der Waals surface area contributed by atoms with E-state index in [0.29, 0.717) is 17.0 Å². The Kier molecular flexibility index (Phi) is 9.10. The first-order valence-electron chi connectivity index (χ1n) is 19.8. The van der Waals surface area contributed by atoms with Gasteiger partial charge in [-0.1, -0.05) is 139 Å². The first kappa shape index (κ1) is 36.0. The van der Waals surface area contributed by atoms with Crippen LogP contribution in [0.25, 0.3) is 94.8 Å². The highest BCUT2D eigenvalue weighted by molar-refractivity contribution is 6.12. The zero-order chi connectivity index (χ0) is 40.6. The summed E-state index contributed by atoms with van der Waals surface area (Å²) in [6, 6.07) is 70.8. The number of hydrogen-bond donors (Lipinski definition) is 0. The van der Waals surface area contributed by atoms with E-state index >= 15 is 0 Å². The van der Waals surface area contributed by atoms with Gasteiger partial charge >= 0.3 is 0 Å². The fraction of sp³-hybridized carbons (Fsp3) is 0.0182. The maximum absolute atomic E-state index is 10.2. The number of aryl methyl sites for hydroxylation is 1. The monoisotopic (exact) mass is 765 g/mol. The van der Waals surface area contributed by atoms with Crippen LogP contribution in [-0.2, 0) is 0 Å². The number of nitrogens with zero attached hydrogens (tertiary/aromatic N) is 5. The molecule has 2 heterocycles. The molecule has 0 aliphatic heterocycles. The summed E-state index contributed by atoms with van der Waals surface area (Å²) >= 11 is 0. The summed E-state index contributed by atoms with van der Waals surface area (Å²) in [5.41, 5.74) is 15.5. The van der Waals surface area contributed by atoms with Crippen molar-refractivity contribution in [3.8, 4) is 85.1 Å². The summed E-state index contributed by atoms with van der Waals surface area (Å²) in [6.45, 7) is 2.12. The molecule has 0 spiro atoms. The van der Waals surface area contributed by atoms with Crippen LogP contribution in [0.3, 0.4) is 0 Å². The number of rotatable bonds is 7. The van der Waals surface area contributed by atoms with Crippen LogP contribution in [0, 0.1) is 29.6 Å². The lowest BCUT2D eigenvalue weighted by molar-refractivity contribution is 1.17. The maximum atomic E-state index is 10.2. The van der Waals surface area contributed by atoms with E-state index in [4.69, 9.17) is 9.97 Å². The lowest BCUT2D eigenvalue weighted by atomic mass is 9.91. The third kappa shape index (κ3) is 6.57. The first-order valence-corrected chi connectivity index (χ1v) is 19.8. The van der Waals surface area contributed by atoms with E-state index < -0.39 is 0 Å². The van der Waals surface area contributed by atoms with Crippen molar-refractivity contribution in [2.24, 2.45) is 0 Å². The topological polar surface area (TPSA) is 78.3 Å². The number of benzene rings is 8. The molecule has 0 aliphatic carbocycles. The third-order valence-electron chi connectivity index (χ3n) is 11.1. The van der Waals surface area contributed by atoms with Gasteiger partial charge in [0, 0.05) is 38.6 Å². The highest BCUT2D eigenvalue weighted by Gasteiger charge is 2.23. The number of aromatic nitrogens is 3. The van der Waals surface area contributed by atoms with Crippen molar-refractivity contribution >= 4 is 21.8 Å². The lowest BCUT2D eigenvalue weighted by Gasteiger charge is -2.21. The molecule has 0 atom stereocenters. The molecule has 8 aromatic carbocycles. The fourth-order valence-electron chi connectivity index (χ4n) is 8.27. The van der Waals surface area contributed by atoms with Crippen LogP contribution >= 0.6 is 0 Å². The van der Waals surface area contributed by atoms with E-state index in [2.05, 4.69) is 139 Å². The van der Waals surface area contributed by atoms with E-state index in [0.717, 1.165) is 89.0 Å². The molecule has 10 rings (SSSR count). The molecule has 0 saturated heterocycles. The smallest absolute Gasteiger partial charge is 0.160 e. The van der Waals surface area contributed by atoms with Gasteiger partial charge in [0.05, 0.1) is 51.4 Å². The van der Waals surface area contributed by atoms with Gasteiger partial charge in [-0.15, -0.1) is 0 Å². The minimum atomic E-state index is 0.551. The van der Waals surface area contributed by atoms with Crippen LogP contribution in [-0.4, -0.2) is 14.5 Å². The van der Waals surface area contributed by atoms with Gasteiger partial charge in [-0.2, -0.15) is 10.5 Å². The fourth-order valence-corrected chi connectivity index (χ4v) is 8.27. The molecule has 0 bridgehead atoms. The summed E-state index contributed by atoms with van der Waals surface area (Å²) in [5, 5.41) is 22.6. The normalized spacial score (nSPS) is 11.1. The molecule has 0 aliphatic rings. The second-order valence-electron chi connectivity index (χ2n) is 15.0. The van der Waals surface area contributed by atoms with Crippen LogP contribution in [0.2, 0.25) is 0 Å². The number of fused-ring (bicyclic) bond motifs is 3. The molecule has 0 fully saturated rings. The molecule has 5 nitrogen and oxygen atoms in total. The zero-order valence-corrected chi connectivity index (χ0v) is 32.7. The summed E-state index contributed by atoms with van der Waals surface area (Å²) in [7, 11) is 0. The largest absolute Gasteiger partial charge is 0.308 e. The van der Waals surface area contributed by atoms with Crippen LogP contribution in [0.1, 0.15) is 16.7 Å². The van der Waals surface area contributed by atoms with Crippen molar-refractivity contribution < 1.29 is 0 Å². The summed E-state index contributed by atoms with van der Waals surface area (Å²) in [6.07, 6.45) is 0. The van der Waals surface area contributed by atoms with E-state index in [1.165, 1.54) is 5.56 Å².